The van der Waals surface area contributed by atoms with Crippen LogP contribution in [0.5, 0.6) is 6.01 Å². The van der Waals surface area contributed by atoms with Gasteiger partial charge in [-0.1, -0.05) is 0 Å². The summed E-state index contributed by atoms with van der Waals surface area (Å²) in [4.78, 5) is 24.5. The van der Waals surface area contributed by atoms with Crippen molar-refractivity contribution in [2.24, 2.45) is 0 Å². The monoisotopic (exact) mass is 290 g/mol. The molecule has 98 valence electrons. The first-order valence-corrected chi connectivity index (χ1v) is 6.68. The molecule has 1 aromatic heterocycles. The number of halogens is 1. The number of ether oxygens (including phenoxy) is 1. The van der Waals surface area contributed by atoms with E-state index in [0.717, 1.165) is 5.75 Å². The summed E-state index contributed by atoms with van der Waals surface area (Å²) in [6.45, 7) is 0.547. The molecule has 7 nitrogen and oxygen atoms in total. The van der Waals surface area contributed by atoms with Gasteiger partial charge in [-0.2, -0.15) is 26.7 Å². The summed E-state index contributed by atoms with van der Waals surface area (Å²) in [6.07, 6.45) is 0. The first-order chi connectivity index (χ1) is 8.61. The van der Waals surface area contributed by atoms with Gasteiger partial charge < -0.3 is 14.7 Å². The minimum atomic E-state index is -0.905. The third kappa shape index (κ3) is 2.75. The van der Waals surface area contributed by atoms with Crippen LogP contribution >= 0.6 is 23.4 Å². The highest BCUT2D eigenvalue weighted by Crippen LogP contribution is 2.23. The second-order valence-electron chi connectivity index (χ2n) is 3.51. The number of hydrogen-bond donors (Lipinski definition) is 1. The number of carboxylic acid groups (broad SMARTS) is 1. The summed E-state index contributed by atoms with van der Waals surface area (Å²) >= 11 is 7.34. The van der Waals surface area contributed by atoms with Crippen LogP contribution in [0, 0.1) is 0 Å². The molecule has 0 amide bonds. The van der Waals surface area contributed by atoms with E-state index >= 15 is 0 Å². The number of rotatable bonds is 3. The van der Waals surface area contributed by atoms with E-state index in [0.29, 0.717) is 12.3 Å². The Bertz CT molecular complexity index is 461. The molecule has 1 aromatic rings. The molecule has 0 aromatic carbocycles. The highest BCUT2D eigenvalue weighted by molar-refractivity contribution is 7.99. The number of methoxy groups -OCH3 is 1. The zero-order chi connectivity index (χ0) is 13.1. The molecule has 18 heavy (non-hydrogen) atoms. The molecule has 2 heterocycles. The molecular formula is C9H11ClN4O3S. The average Bonchev–Trinajstić information content (AvgIpc) is 2.38. The van der Waals surface area contributed by atoms with Gasteiger partial charge in [-0.15, -0.1) is 0 Å². The highest BCUT2D eigenvalue weighted by atomic mass is 35.5. The number of nitrogens with zero attached hydrogens (tertiary/aromatic N) is 4. The Morgan fingerprint density at radius 3 is 3.00 bits per heavy atom. The molecule has 1 aliphatic rings. The van der Waals surface area contributed by atoms with Crippen LogP contribution in [0.3, 0.4) is 0 Å². The lowest BCUT2D eigenvalue weighted by Gasteiger charge is -2.32. The second-order valence-corrected chi connectivity index (χ2v) is 5.00. The number of anilines is 1. The van der Waals surface area contributed by atoms with Gasteiger partial charge in [-0.25, -0.2) is 4.79 Å². The average molecular weight is 291 g/mol. The lowest BCUT2D eigenvalue weighted by Crippen LogP contribution is -2.48. The van der Waals surface area contributed by atoms with E-state index in [1.54, 1.807) is 16.7 Å². The number of aliphatic carboxylic acids is 1. The fourth-order valence-electron chi connectivity index (χ4n) is 1.59. The van der Waals surface area contributed by atoms with Crippen LogP contribution in [0.1, 0.15) is 0 Å². The second kappa shape index (κ2) is 5.57. The maximum absolute atomic E-state index is 11.2. The van der Waals surface area contributed by atoms with Crippen molar-refractivity contribution in [1.82, 2.24) is 15.0 Å². The third-order valence-electron chi connectivity index (χ3n) is 2.43. The van der Waals surface area contributed by atoms with Gasteiger partial charge in [-0.3, -0.25) is 0 Å². The maximum Gasteiger partial charge on any atom is 0.327 e. The van der Waals surface area contributed by atoms with Crippen molar-refractivity contribution in [2.75, 3.05) is 30.1 Å². The summed E-state index contributed by atoms with van der Waals surface area (Å²) in [5, 5.41) is 9.16. The maximum atomic E-state index is 11.2. The largest absolute Gasteiger partial charge is 0.480 e. The van der Waals surface area contributed by atoms with Gasteiger partial charge in [0.1, 0.15) is 6.04 Å². The minimum absolute atomic E-state index is 0.0146. The fraction of sp³-hybridized carbons (Fsp3) is 0.556. The van der Waals surface area contributed by atoms with Crippen molar-refractivity contribution in [2.45, 2.75) is 6.04 Å². The summed E-state index contributed by atoms with van der Waals surface area (Å²) in [5.41, 5.74) is 0. The molecule has 1 N–H and O–H groups in total. The van der Waals surface area contributed by atoms with E-state index in [9.17, 15) is 9.90 Å². The van der Waals surface area contributed by atoms with E-state index in [-0.39, 0.29) is 17.2 Å². The molecule has 1 unspecified atom stereocenters. The summed E-state index contributed by atoms with van der Waals surface area (Å²) in [7, 11) is 1.41. The summed E-state index contributed by atoms with van der Waals surface area (Å²) < 4.78 is 4.90. The van der Waals surface area contributed by atoms with Crippen molar-refractivity contribution >= 4 is 35.3 Å². The molecule has 1 atom stereocenters. The van der Waals surface area contributed by atoms with Crippen LogP contribution < -0.4 is 9.64 Å². The quantitative estimate of drug-likeness (QED) is 0.863. The van der Waals surface area contributed by atoms with Crippen molar-refractivity contribution in [3.05, 3.63) is 5.28 Å². The molecule has 0 spiro atoms. The van der Waals surface area contributed by atoms with Crippen LogP contribution in [0.25, 0.3) is 0 Å². The smallest absolute Gasteiger partial charge is 0.327 e. The molecule has 2 rings (SSSR count). The van der Waals surface area contributed by atoms with Crippen LogP contribution in [0.15, 0.2) is 0 Å². The van der Waals surface area contributed by atoms with Gasteiger partial charge in [0.2, 0.25) is 11.2 Å². The van der Waals surface area contributed by atoms with Gasteiger partial charge in [0.15, 0.2) is 0 Å². The van der Waals surface area contributed by atoms with E-state index in [1.165, 1.54) is 7.11 Å². The molecule has 9 heteroatoms. The Kier molecular flexibility index (Phi) is 4.07. The fourth-order valence-corrected chi connectivity index (χ4v) is 2.78. The van der Waals surface area contributed by atoms with Crippen molar-refractivity contribution in [3.8, 4) is 6.01 Å². The van der Waals surface area contributed by atoms with Crippen molar-refractivity contribution in [3.63, 3.8) is 0 Å². The predicted octanol–water partition coefficient (Wildman–Crippen LogP) is 0.540. The van der Waals surface area contributed by atoms with Crippen LogP contribution in [-0.2, 0) is 4.79 Å². The predicted molar refractivity (Wildman–Crippen MR) is 67.5 cm³/mol. The normalized spacial score (nSPS) is 19.7. The molecule has 1 aliphatic heterocycles. The molecule has 1 saturated heterocycles. The van der Waals surface area contributed by atoms with Gasteiger partial charge in [0, 0.05) is 18.1 Å². The van der Waals surface area contributed by atoms with Crippen LogP contribution in [-0.4, -0.2) is 57.2 Å². The Labute approximate surface area is 113 Å². The number of thioether (sulfide) groups is 1. The summed E-state index contributed by atoms with van der Waals surface area (Å²) in [6, 6.07) is -0.584. The lowest BCUT2D eigenvalue weighted by molar-refractivity contribution is -0.138. The lowest BCUT2D eigenvalue weighted by atomic mass is 10.3. The third-order valence-corrected chi connectivity index (χ3v) is 3.62. The van der Waals surface area contributed by atoms with Crippen molar-refractivity contribution < 1.29 is 14.6 Å². The Morgan fingerprint density at radius 1 is 1.56 bits per heavy atom. The first kappa shape index (κ1) is 13.2. The summed E-state index contributed by atoms with van der Waals surface area (Å²) in [5.74, 6) is 0.633. The van der Waals surface area contributed by atoms with Gasteiger partial charge in [-0.05, 0) is 11.6 Å². The zero-order valence-corrected chi connectivity index (χ0v) is 11.1. The van der Waals surface area contributed by atoms with Crippen LogP contribution in [0.2, 0.25) is 5.28 Å². The Hall–Kier alpha value is -1.28. The van der Waals surface area contributed by atoms with Crippen LogP contribution in [0.4, 0.5) is 5.95 Å². The van der Waals surface area contributed by atoms with E-state index in [1.807, 2.05) is 0 Å². The van der Waals surface area contributed by atoms with Gasteiger partial charge in [0.05, 0.1) is 7.11 Å². The number of carbonyl (C=O) groups is 1. The Morgan fingerprint density at radius 2 is 2.33 bits per heavy atom. The highest BCUT2D eigenvalue weighted by Gasteiger charge is 2.31. The number of hydrogen-bond acceptors (Lipinski definition) is 7. The molecule has 0 saturated carbocycles. The topological polar surface area (TPSA) is 88.4 Å². The molecule has 0 aliphatic carbocycles. The first-order valence-electron chi connectivity index (χ1n) is 5.14. The SMILES string of the molecule is COc1nc(Cl)nc(N2CCSCC2C(=O)O)n1. The Balaban J connectivity index is 2.33. The van der Waals surface area contributed by atoms with Gasteiger partial charge in [0.25, 0.3) is 0 Å². The van der Waals surface area contributed by atoms with Crippen molar-refractivity contribution in [1.29, 1.82) is 0 Å². The van der Waals surface area contributed by atoms with E-state index in [4.69, 9.17) is 16.3 Å². The minimum Gasteiger partial charge on any atom is -0.480 e. The van der Waals surface area contributed by atoms with E-state index in [2.05, 4.69) is 15.0 Å². The molecule has 1 fully saturated rings. The standard InChI is InChI=1S/C9H11ClN4O3S/c1-17-9-12-7(10)11-8(13-9)14-2-3-18-4-5(14)6(15)16/h5H,2-4H2,1H3,(H,15,16). The number of aromatic nitrogens is 3. The van der Waals surface area contributed by atoms with Gasteiger partial charge >= 0.3 is 12.0 Å². The molecule has 0 radical (unpaired) electrons. The zero-order valence-electron chi connectivity index (χ0n) is 9.54. The van der Waals surface area contributed by atoms with E-state index < -0.39 is 12.0 Å². The number of carboxylic acids is 1. The molecule has 0 bridgehead atoms. The molecular weight excluding hydrogens is 280 g/mol.